The third kappa shape index (κ3) is 4.95. The van der Waals surface area contributed by atoms with Crippen molar-refractivity contribution in [2.75, 3.05) is 13.2 Å². The smallest absolute Gasteiger partial charge is 0.147 e. The quantitative estimate of drug-likeness (QED) is 0.728. The molecule has 0 atom stereocenters. The van der Waals surface area contributed by atoms with Crippen molar-refractivity contribution in [1.82, 2.24) is 0 Å². The van der Waals surface area contributed by atoms with Crippen molar-refractivity contribution in [2.45, 2.75) is 25.8 Å². The molecule has 0 aliphatic carbocycles. The van der Waals surface area contributed by atoms with Gasteiger partial charge in [-0.05, 0) is 68.8 Å². The summed E-state index contributed by atoms with van der Waals surface area (Å²) in [5.74, 6) is 0.811. The van der Waals surface area contributed by atoms with E-state index in [0.717, 1.165) is 39.5 Å². The van der Waals surface area contributed by atoms with E-state index < -0.39 is 0 Å². The summed E-state index contributed by atoms with van der Waals surface area (Å²) in [6.45, 7) is 1.41. The second-order valence-corrected chi connectivity index (χ2v) is 5.43. The molecule has 0 saturated heterocycles. The van der Waals surface area contributed by atoms with Crippen LogP contribution in [0.2, 0.25) is 0 Å². The SMILES string of the molecule is NCc1cc(Br)c(OCCCCCO)c(Br)c1. The van der Waals surface area contributed by atoms with Gasteiger partial charge < -0.3 is 15.6 Å². The van der Waals surface area contributed by atoms with Gasteiger partial charge in [-0.15, -0.1) is 0 Å². The second-order valence-electron chi connectivity index (χ2n) is 3.73. The molecule has 0 heterocycles. The highest BCUT2D eigenvalue weighted by Crippen LogP contribution is 2.34. The molecule has 1 aromatic rings. The number of rotatable bonds is 7. The summed E-state index contributed by atoms with van der Waals surface area (Å²) < 4.78 is 7.52. The monoisotopic (exact) mass is 365 g/mol. The lowest BCUT2D eigenvalue weighted by molar-refractivity contribution is 0.265. The number of aliphatic hydroxyl groups is 1. The van der Waals surface area contributed by atoms with Gasteiger partial charge in [0.2, 0.25) is 0 Å². The highest BCUT2D eigenvalue weighted by molar-refractivity contribution is 9.11. The first-order chi connectivity index (χ1) is 8.19. The Hall–Kier alpha value is -0.100. The van der Waals surface area contributed by atoms with E-state index in [1.807, 2.05) is 12.1 Å². The molecule has 17 heavy (non-hydrogen) atoms. The van der Waals surface area contributed by atoms with Gasteiger partial charge in [0.25, 0.3) is 0 Å². The Labute approximate surface area is 119 Å². The Kier molecular flexibility index (Phi) is 7.11. The fourth-order valence-electron chi connectivity index (χ4n) is 1.43. The average Bonchev–Trinajstić information content (AvgIpc) is 2.31. The topological polar surface area (TPSA) is 55.5 Å². The first kappa shape index (κ1) is 15.0. The first-order valence-corrected chi connectivity index (χ1v) is 7.19. The Morgan fingerprint density at radius 3 is 2.29 bits per heavy atom. The molecule has 0 aliphatic heterocycles. The van der Waals surface area contributed by atoms with Crippen LogP contribution in [0.1, 0.15) is 24.8 Å². The van der Waals surface area contributed by atoms with Gasteiger partial charge in [0.1, 0.15) is 5.75 Å². The predicted octanol–water partition coefficient (Wildman–Crippen LogP) is 3.21. The van der Waals surface area contributed by atoms with E-state index in [-0.39, 0.29) is 6.61 Å². The molecule has 1 rings (SSSR count). The van der Waals surface area contributed by atoms with Crippen LogP contribution in [0.15, 0.2) is 21.1 Å². The molecule has 0 saturated carbocycles. The maximum absolute atomic E-state index is 8.66. The van der Waals surface area contributed by atoms with E-state index in [1.165, 1.54) is 0 Å². The summed E-state index contributed by atoms with van der Waals surface area (Å²) in [4.78, 5) is 0. The number of aliphatic hydroxyl groups excluding tert-OH is 1. The molecule has 5 heteroatoms. The van der Waals surface area contributed by atoms with E-state index in [9.17, 15) is 0 Å². The molecule has 3 N–H and O–H groups in total. The third-order valence-electron chi connectivity index (χ3n) is 2.34. The van der Waals surface area contributed by atoms with E-state index in [0.29, 0.717) is 13.2 Å². The van der Waals surface area contributed by atoms with E-state index >= 15 is 0 Å². The minimum absolute atomic E-state index is 0.249. The van der Waals surface area contributed by atoms with Crippen LogP contribution in [0, 0.1) is 0 Å². The molecule has 0 radical (unpaired) electrons. The fraction of sp³-hybridized carbons (Fsp3) is 0.500. The highest BCUT2D eigenvalue weighted by Gasteiger charge is 2.08. The highest BCUT2D eigenvalue weighted by atomic mass is 79.9. The van der Waals surface area contributed by atoms with Crippen LogP contribution in [0.3, 0.4) is 0 Å². The zero-order valence-electron chi connectivity index (χ0n) is 9.59. The Bertz CT molecular complexity index is 335. The van der Waals surface area contributed by atoms with Gasteiger partial charge in [0, 0.05) is 13.2 Å². The van der Waals surface area contributed by atoms with Gasteiger partial charge in [-0.2, -0.15) is 0 Å². The van der Waals surface area contributed by atoms with Gasteiger partial charge >= 0.3 is 0 Å². The Morgan fingerprint density at radius 1 is 1.12 bits per heavy atom. The summed E-state index contributed by atoms with van der Waals surface area (Å²) in [5, 5.41) is 8.66. The normalized spacial score (nSPS) is 10.6. The molecule has 0 spiro atoms. The van der Waals surface area contributed by atoms with Crippen LogP contribution in [0.25, 0.3) is 0 Å². The molecule has 96 valence electrons. The van der Waals surface area contributed by atoms with Crippen molar-refractivity contribution in [3.05, 3.63) is 26.6 Å². The molecular formula is C12H17Br2NO2. The largest absolute Gasteiger partial charge is 0.491 e. The molecule has 0 fully saturated rings. The number of hydrogen-bond donors (Lipinski definition) is 2. The standard InChI is InChI=1S/C12H17Br2NO2/c13-10-6-9(8-15)7-11(14)12(10)17-5-3-1-2-4-16/h6-7,16H,1-5,8,15H2. The summed E-state index contributed by atoms with van der Waals surface area (Å²) in [5.41, 5.74) is 6.64. The fourth-order valence-corrected chi connectivity index (χ4v) is 2.94. The van der Waals surface area contributed by atoms with Gasteiger partial charge in [0.15, 0.2) is 0 Å². The van der Waals surface area contributed by atoms with Crippen molar-refractivity contribution < 1.29 is 9.84 Å². The van der Waals surface area contributed by atoms with Gasteiger partial charge in [-0.3, -0.25) is 0 Å². The Morgan fingerprint density at radius 2 is 1.76 bits per heavy atom. The van der Waals surface area contributed by atoms with Crippen molar-refractivity contribution in [2.24, 2.45) is 5.73 Å². The minimum atomic E-state index is 0.249. The maximum Gasteiger partial charge on any atom is 0.147 e. The van der Waals surface area contributed by atoms with Gasteiger partial charge in [0.05, 0.1) is 15.6 Å². The summed E-state index contributed by atoms with van der Waals surface area (Å²) in [7, 11) is 0. The second kappa shape index (κ2) is 8.08. The number of nitrogens with two attached hydrogens (primary N) is 1. The number of hydrogen-bond acceptors (Lipinski definition) is 3. The lowest BCUT2D eigenvalue weighted by Gasteiger charge is -2.11. The Balaban J connectivity index is 2.53. The molecule has 0 amide bonds. The molecule has 0 bridgehead atoms. The third-order valence-corrected chi connectivity index (χ3v) is 3.52. The average molecular weight is 367 g/mol. The molecule has 0 aliphatic rings. The molecular weight excluding hydrogens is 350 g/mol. The van der Waals surface area contributed by atoms with Gasteiger partial charge in [-0.1, -0.05) is 0 Å². The van der Waals surface area contributed by atoms with Crippen LogP contribution >= 0.6 is 31.9 Å². The molecule has 1 aromatic carbocycles. The zero-order chi connectivity index (χ0) is 12.7. The predicted molar refractivity (Wildman–Crippen MR) is 76.2 cm³/mol. The molecule has 3 nitrogen and oxygen atoms in total. The maximum atomic E-state index is 8.66. The summed E-state index contributed by atoms with van der Waals surface area (Å²) in [6, 6.07) is 3.93. The van der Waals surface area contributed by atoms with Crippen molar-refractivity contribution in [3.63, 3.8) is 0 Å². The van der Waals surface area contributed by atoms with Crippen molar-refractivity contribution in [3.8, 4) is 5.75 Å². The van der Waals surface area contributed by atoms with Crippen molar-refractivity contribution in [1.29, 1.82) is 0 Å². The number of ether oxygens (including phenoxy) is 1. The van der Waals surface area contributed by atoms with Crippen LogP contribution in [0.5, 0.6) is 5.75 Å². The molecule has 0 unspecified atom stereocenters. The lowest BCUT2D eigenvalue weighted by Crippen LogP contribution is -2.01. The first-order valence-electron chi connectivity index (χ1n) is 5.60. The minimum Gasteiger partial charge on any atom is -0.491 e. The number of benzene rings is 1. The van der Waals surface area contributed by atoms with E-state index in [2.05, 4.69) is 31.9 Å². The van der Waals surface area contributed by atoms with Crippen LogP contribution < -0.4 is 10.5 Å². The van der Waals surface area contributed by atoms with E-state index in [1.54, 1.807) is 0 Å². The lowest BCUT2D eigenvalue weighted by atomic mass is 10.2. The van der Waals surface area contributed by atoms with Crippen molar-refractivity contribution >= 4 is 31.9 Å². The van der Waals surface area contributed by atoms with Gasteiger partial charge in [-0.25, -0.2) is 0 Å². The summed E-state index contributed by atoms with van der Waals surface area (Å²) in [6.07, 6.45) is 2.75. The van der Waals surface area contributed by atoms with E-state index in [4.69, 9.17) is 15.6 Å². The molecule has 0 aromatic heterocycles. The number of unbranched alkanes of at least 4 members (excludes halogenated alkanes) is 2. The summed E-state index contributed by atoms with van der Waals surface area (Å²) >= 11 is 6.94. The van der Waals surface area contributed by atoms with Crippen LogP contribution in [0.4, 0.5) is 0 Å². The number of halogens is 2. The van der Waals surface area contributed by atoms with Crippen LogP contribution in [-0.2, 0) is 6.54 Å². The zero-order valence-corrected chi connectivity index (χ0v) is 12.8. The van der Waals surface area contributed by atoms with Crippen LogP contribution in [-0.4, -0.2) is 18.3 Å².